The van der Waals surface area contributed by atoms with Crippen molar-refractivity contribution in [1.29, 1.82) is 0 Å². The number of phenolic OH excluding ortho intramolecular Hbond substituents is 1. The van der Waals surface area contributed by atoms with Crippen molar-refractivity contribution in [3.8, 4) is 5.75 Å². The van der Waals surface area contributed by atoms with Gasteiger partial charge in [0.25, 0.3) is 0 Å². The second-order valence-electron chi connectivity index (χ2n) is 4.49. The number of nitrogen functional groups attached to an aromatic ring is 1. The number of rotatable bonds is 1. The number of phenols is 1. The number of benzene rings is 2. The highest BCUT2D eigenvalue weighted by atomic mass is 16.3. The standard InChI is InChI=1S/C9H13N.C7H6O2.C2H6/c1-6-4-7(2)9(10)8(3)5-6;8-5-6-3-1-2-4-7(6)9;1-2/h4-5H,10H2,1-3H3;1-5,9H;1-2H3. The summed E-state index contributed by atoms with van der Waals surface area (Å²) in [5.74, 6) is 0.0347. The van der Waals surface area contributed by atoms with E-state index in [-0.39, 0.29) is 5.75 Å². The summed E-state index contributed by atoms with van der Waals surface area (Å²) in [6.45, 7) is 10.2. The molecule has 0 radical (unpaired) electrons. The van der Waals surface area contributed by atoms with Crippen LogP contribution in [0.15, 0.2) is 36.4 Å². The summed E-state index contributed by atoms with van der Waals surface area (Å²) in [6.07, 6.45) is 0.620. The molecule has 0 fully saturated rings. The van der Waals surface area contributed by atoms with Crippen molar-refractivity contribution in [2.45, 2.75) is 34.6 Å². The lowest BCUT2D eigenvalue weighted by molar-refractivity contribution is 0.112. The van der Waals surface area contributed by atoms with E-state index in [1.54, 1.807) is 18.2 Å². The molecular weight excluding hydrogens is 262 g/mol. The summed E-state index contributed by atoms with van der Waals surface area (Å²) in [5.41, 5.74) is 10.6. The molecule has 3 heteroatoms. The molecule has 0 aliphatic rings. The van der Waals surface area contributed by atoms with Gasteiger partial charge in [-0.3, -0.25) is 4.79 Å². The largest absolute Gasteiger partial charge is 0.507 e. The van der Waals surface area contributed by atoms with Gasteiger partial charge in [0.1, 0.15) is 5.75 Å². The number of aromatic hydroxyl groups is 1. The van der Waals surface area contributed by atoms with Crippen molar-refractivity contribution in [1.82, 2.24) is 0 Å². The molecule has 0 bridgehead atoms. The highest BCUT2D eigenvalue weighted by Crippen LogP contribution is 2.17. The zero-order valence-corrected chi connectivity index (χ0v) is 13.5. The van der Waals surface area contributed by atoms with Crippen LogP contribution in [0.3, 0.4) is 0 Å². The highest BCUT2D eigenvalue weighted by Gasteiger charge is 1.96. The normalized spacial score (nSPS) is 8.81. The summed E-state index contributed by atoms with van der Waals surface area (Å²) in [6, 6.07) is 10.6. The first-order valence-corrected chi connectivity index (χ1v) is 7.02. The highest BCUT2D eigenvalue weighted by molar-refractivity contribution is 5.78. The van der Waals surface area contributed by atoms with Gasteiger partial charge in [0.15, 0.2) is 6.29 Å². The van der Waals surface area contributed by atoms with Crippen molar-refractivity contribution in [3.63, 3.8) is 0 Å². The van der Waals surface area contributed by atoms with Gasteiger partial charge in [-0.25, -0.2) is 0 Å². The number of carbonyl (C=O) groups is 1. The first-order valence-electron chi connectivity index (χ1n) is 7.02. The maximum absolute atomic E-state index is 10.1. The number of aldehydes is 1. The Balaban J connectivity index is 0.000000342. The molecule has 21 heavy (non-hydrogen) atoms. The Morgan fingerprint density at radius 1 is 1.00 bits per heavy atom. The summed E-state index contributed by atoms with van der Waals surface area (Å²) in [5, 5.41) is 8.88. The molecule has 0 atom stereocenters. The zero-order chi connectivity index (χ0) is 16.4. The molecule has 0 aromatic heterocycles. The third kappa shape index (κ3) is 6.13. The van der Waals surface area contributed by atoms with Crippen LogP contribution in [0.2, 0.25) is 0 Å². The van der Waals surface area contributed by atoms with E-state index < -0.39 is 0 Å². The number of anilines is 1. The van der Waals surface area contributed by atoms with Gasteiger partial charge in [-0.15, -0.1) is 0 Å². The molecule has 0 heterocycles. The number of hydrogen-bond donors (Lipinski definition) is 2. The van der Waals surface area contributed by atoms with E-state index in [0.29, 0.717) is 11.8 Å². The summed E-state index contributed by atoms with van der Waals surface area (Å²) in [4.78, 5) is 10.1. The Morgan fingerprint density at radius 2 is 1.48 bits per heavy atom. The molecule has 0 unspecified atom stereocenters. The molecule has 0 spiro atoms. The Kier molecular flexibility index (Phi) is 8.54. The fourth-order valence-corrected chi connectivity index (χ4v) is 1.78. The van der Waals surface area contributed by atoms with Crippen LogP contribution in [0, 0.1) is 20.8 Å². The molecule has 0 aliphatic carbocycles. The average molecular weight is 287 g/mol. The number of nitrogens with two attached hydrogens (primary N) is 1. The maximum Gasteiger partial charge on any atom is 0.153 e. The molecule has 0 amide bonds. The summed E-state index contributed by atoms with van der Waals surface area (Å²) < 4.78 is 0. The molecule has 3 N–H and O–H groups in total. The molecule has 2 aromatic rings. The molecule has 0 aliphatic heterocycles. The zero-order valence-electron chi connectivity index (χ0n) is 13.5. The lowest BCUT2D eigenvalue weighted by Gasteiger charge is -2.04. The van der Waals surface area contributed by atoms with Crippen LogP contribution in [0.25, 0.3) is 0 Å². The SMILES string of the molecule is CC.Cc1cc(C)c(N)c(C)c1.O=Cc1ccccc1O. The first kappa shape index (κ1) is 18.7. The first-order chi connectivity index (χ1) is 9.95. The number of hydrogen-bond acceptors (Lipinski definition) is 3. The fraction of sp³-hybridized carbons (Fsp3) is 0.278. The van der Waals surface area contributed by atoms with Gasteiger partial charge in [-0.2, -0.15) is 0 Å². The quantitative estimate of drug-likeness (QED) is 0.602. The van der Waals surface area contributed by atoms with Crippen LogP contribution < -0.4 is 5.73 Å². The van der Waals surface area contributed by atoms with Crippen molar-refractivity contribution in [2.75, 3.05) is 5.73 Å². The Hall–Kier alpha value is -2.29. The van der Waals surface area contributed by atoms with Crippen molar-refractivity contribution >= 4 is 12.0 Å². The van der Waals surface area contributed by atoms with Crippen LogP contribution in [0.1, 0.15) is 40.9 Å². The van der Waals surface area contributed by atoms with E-state index >= 15 is 0 Å². The van der Waals surface area contributed by atoms with E-state index in [1.165, 1.54) is 22.8 Å². The van der Waals surface area contributed by atoms with Gasteiger partial charge < -0.3 is 10.8 Å². The second kappa shape index (κ2) is 9.59. The molecule has 2 rings (SSSR count). The van der Waals surface area contributed by atoms with Crippen LogP contribution in [0.5, 0.6) is 5.75 Å². The fourth-order valence-electron chi connectivity index (χ4n) is 1.78. The molecule has 0 saturated heterocycles. The number of para-hydroxylation sites is 1. The summed E-state index contributed by atoms with van der Waals surface area (Å²) in [7, 11) is 0. The van der Waals surface area contributed by atoms with E-state index in [9.17, 15) is 4.79 Å². The van der Waals surface area contributed by atoms with E-state index in [0.717, 1.165) is 5.69 Å². The van der Waals surface area contributed by atoms with Gasteiger partial charge in [0.05, 0.1) is 5.56 Å². The van der Waals surface area contributed by atoms with Gasteiger partial charge in [0.2, 0.25) is 0 Å². The number of aryl methyl sites for hydroxylation is 3. The number of carbonyl (C=O) groups excluding carboxylic acids is 1. The Morgan fingerprint density at radius 3 is 1.86 bits per heavy atom. The third-order valence-corrected chi connectivity index (χ3v) is 2.80. The maximum atomic E-state index is 10.1. The van der Waals surface area contributed by atoms with Gasteiger partial charge >= 0.3 is 0 Å². The molecule has 3 nitrogen and oxygen atoms in total. The van der Waals surface area contributed by atoms with Crippen molar-refractivity contribution in [3.05, 3.63) is 58.7 Å². The smallest absolute Gasteiger partial charge is 0.153 e. The van der Waals surface area contributed by atoms with E-state index in [2.05, 4.69) is 19.1 Å². The van der Waals surface area contributed by atoms with E-state index in [4.69, 9.17) is 10.8 Å². The minimum atomic E-state index is 0.0347. The Labute approximate surface area is 127 Å². The van der Waals surface area contributed by atoms with Crippen LogP contribution >= 0.6 is 0 Å². The second-order valence-corrected chi connectivity index (χ2v) is 4.49. The van der Waals surface area contributed by atoms with Gasteiger partial charge in [-0.05, 0) is 44.0 Å². The lowest BCUT2D eigenvalue weighted by Crippen LogP contribution is -1.93. The van der Waals surface area contributed by atoms with Crippen molar-refractivity contribution in [2.24, 2.45) is 0 Å². The minimum absolute atomic E-state index is 0.0347. The topological polar surface area (TPSA) is 63.3 Å². The van der Waals surface area contributed by atoms with Crippen LogP contribution in [0.4, 0.5) is 5.69 Å². The predicted molar refractivity (Wildman–Crippen MR) is 89.9 cm³/mol. The predicted octanol–water partition coefficient (Wildman–Crippen LogP) is 4.42. The van der Waals surface area contributed by atoms with Gasteiger partial charge in [0, 0.05) is 5.69 Å². The average Bonchev–Trinajstić information content (AvgIpc) is 2.48. The Bertz CT molecular complexity index is 554. The summed E-state index contributed by atoms with van der Waals surface area (Å²) >= 11 is 0. The van der Waals surface area contributed by atoms with Crippen LogP contribution in [-0.4, -0.2) is 11.4 Å². The molecular formula is C18H25NO2. The molecule has 0 saturated carbocycles. The van der Waals surface area contributed by atoms with E-state index in [1.807, 2.05) is 27.7 Å². The minimum Gasteiger partial charge on any atom is -0.507 e. The third-order valence-electron chi connectivity index (χ3n) is 2.80. The van der Waals surface area contributed by atoms with Gasteiger partial charge in [-0.1, -0.05) is 43.7 Å². The lowest BCUT2D eigenvalue weighted by atomic mass is 10.1. The van der Waals surface area contributed by atoms with Crippen molar-refractivity contribution < 1.29 is 9.90 Å². The molecule has 114 valence electrons. The van der Waals surface area contributed by atoms with Crippen LogP contribution in [-0.2, 0) is 0 Å². The molecule has 2 aromatic carbocycles. The monoisotopic (exact) mass is 287 g/mol.